The first-order valence-electron chi connectivity index (χ1n) is 17.1. The molecule has 2 aromatic rings. The molecule has 1 fully saturated rings. The van der Waals surface area contributed by atoms with Crippen molar-refractivity contribution in [2.24, 2.45) is 5.73 Å². The maximum absolute atomic E-state index is 14.7. The number of rotatable bonds is 11. The van der Waals surface area contributed by atoms with Crippen LogP contribution in [0, 0.1) is 0 Å². The largest absolute Gasteiger partial charge is 0.460 e. The molecule has 5 amide bonds. The van der Waals surface area contributed by atoms with E-state index in [9.17, 15) is 33.6 Å². The van der Waals surface area contributed by atoms with Crippen molar-refractivity contribution in [2.75, 3.05) is 4.90 Å². The molecular weight excluding hydrogens is 686 g/mol. The van der Waals surface area contributed by atoms with Crippen molar-refractivity contribution in [1.82, 2.24) is 15.5 Å². The van der Waals surface area contributed by atoms with Crippen LogP contribution in [0.1, 0.15) is 93.7 Å². The Morgan fingerprint density at radius 3 is 1.85 bits per heavy atom. The van der Waals surface area contributed by atoms with Crippen molar-refractivity contribution in [1.29, 1.82) is 0 Å². The second kappa shape index (κ2) is 15.3. The first-order valence-corrected chi connectivity index (χ1v) is 17.1. The number of hydrogen-bond donors (Lipinski definition) is 3. The third kappa shape index (κ3) is 9.77. The maximum atomic E-state index is 14.7. The number of urea groups is 1. The van der Waals surface area contributed by atoms with Gasteiger partial charge in [0.15, 0.2) is 5.78 Å². The fraction of sp³-hybridized carbons (Fsp3) is 0.500. The number of amides is 5. The van der Waals surface area contributed by atoms with E-state index in [4.69, 9.17) is 19.9 Å². The zero-order chi connectivity index (χ0) is 40.3. The lowest BCUT2D eigenvalue weighted by molar-refractivity contribution is -0.174. The fourth-order valence-electron chi connectivity index (χ4n) is 5.53. The number of anilines is 1. The van der Waals surface area contributed by atoms with Crippen molar-refractivity contribution in [3.8, 4) is 0 Å². The van der Waals surface area contributed by atoms with Crippen LogP contribution < -0.4 is 21.3 Å². The number of imide groups is 1. The number of alkyl carbamates (subject to hydrolysis) is 1. The van der Waals surface area contributed by atoms with Crippen molar-refractivity contribution in [3.63, 3.8) is 0 Å². The molecule has 0 bridgehead atoms. The second-order valence-electron chi connectivity index (χ2n) is 15.9. The standard InChI is InChI=1S/C38H51N5O10/c1-23(44)38(31(48)52-35(5,6)7,42(26-15-13-12-14-16-26)29(46)27(39)21-28(45)51-34(2,3)4)43-30(47)37(11,41-32(43)49)25-19-17-24(18-20-25)22-40-33(50)53-36(8,9)10/h12-20,27H,21-22,39H2,1-11H3,(H,40,50)(H,41,49)/t27?,37-,38+/m1/s1. The van der Waals surface area contributed by atoms with Crippen LogP contribution in [0.4, 0.5) is 15.3 Å². The Labute approximate surface area is 309 Å². The smallest absolute Gasteiger partial charge is 0.407 e. The molecule has 1 aliphatic heterocycles. The minimum absolute atomic E-state index is 0.0854. The number of Topliss-reactive ketones (excluding diaryl/α,β-unsaturated/α-hetero) is 1. The number of para-hydroxylation sites is 1. The van der Waals surface area contributed by atoms with Crippen LogP contribution in [0.3, 0.4) is 0 Å². The van der Waals surface area contributed by atoms with Crippen LogP contribution >= 0.6 is 0 Å². The fourth-order valence-corrected chi connectivity index (χ4v) is 5.53. The molecule has 4 N–H and O–H groups in total. The van der Waals surface area contributed by atoms with E-state index in [1.165, 1.54) is 64.1 Å². The minimum atomic E-state index is -3.09. The van der Waals surface area contributed by atoms with Gasteiger partial charge in [0.2, 0.25) is 5.91 Å². The molecule has 1 heterocycles. The Bertz CT molecular complexity index is 1740. The predicted octanol–water partition coefficient (Wildman–Crippen LogP) is 4.20. The first kappa shape index (κ1) is 42.1. The lowest BCUT2D eigenvalue weighted by atomic mass is 9.89. The van der Waals surface area contributed by atoms with Crippen molar-refractivity contribution in [2.45, 2.75) is 123 Å². The quantitative estimate of drug-likeness (QED) is 0.129. The molecule has 53 heavy (non-hydrogen) atoms. The molecular formula is C38H51N5O10. The topological polar surface area (TPSA) is 204 Å². The van der Waals surface area contributed by atoms with Gasteiger partial charge in [0.25, 0.3) is 11.6 Å². The normalized spacial score (nSPS) is 17.9. The first-order chi connectivity index (χ1) is 24.2. The third-order valence-electron chi connectivity index (χ3n) is 7.74. The van der Waals surface area contributed by atoms with Crippen LogP contribution in [0.2, 0.25) is 0 Å². The summed E-state index contributed by atoms with van der Waals surface area (Å²) < 4.78 is 16.3. The summed E-state index contributed by atoms with van der Waals surface area (Å²) in [6.45, 7) is 17.0. The van der Waals surface area contributed by atoms with E-state index >= 15 is 0 Å². The summed E-state index contributed by atoms with van der Waals surface area (Å²) in [6.07, 6.45) is -1.30. The maximum Gasteiger partial charge on any atom is 0.407 e. The Morgan fingerprint density at radius 1 is 0.830 bits per heavy atom. The molecule has 1 aliphatic rings. The minimum Gasteiger partial charge on any atom is -0.460 e. The summed E-state index contributed by atoms with van der Waals surface area (Å²) >= 11 is 0. The SMILES string of the molecule is CC(=O)[C@@](C(=O)OC(C)(C)C)(N1C(=O)N[C@](C)(c2ccc(CNC(=O)OC(C)(C)C)cc2)C1=O)N(C(=O)C(N)CC(=O)OC(C)(C)C)c1ccccc1. The molecule has 0 aliphatic carbocycles. The lowest BCUT2D eigenvalue weighted by Crippen LogP contribution is -2.75. The van der Waals surface area contributed by atoms with Gasteiger partial charge < -0.3 is 30.6 Å². The van der Waals surface area contributed by atoms with Gasteiger partial charge in [-0.3, -0.25) is 24.1 Å². The zero-order valence-corrected chi connectivity index (χ0v) is 32.2. The van der Waals surface area contributed by atoms with Crippen LogP contribution in [0.5, 0.6) is 0 Å². The molecule has 0 saturated carbocycles. The van der Waals surface area contributed by atoms with E-state index in [2.05, 4.69) is 10.6 Å². The van der Waals surface area contributed by atoms with E-state index in [-0.39, 0.29) is 17.8 Å². The molecule has 15 nitrogen and oxygen atoms in total. The summed E-state index contributed by atoms with van der Waals surface area (Å²) in [6, 6.07) is 10.8. The van der Waals surface area contributed by atoms with Gasteiger partial charge in [-0.1, -0.05) is 42.5 Å². The number of nitrogens with two attached hydrogens (primary N) is 1. The van der Waals surface area contributed by atoms with E-state index in [0.29, 0.717) is 15.4 Å². The van der Waals surface area contributed by atoms with Gasteiger partial charge in [0, 0.05) is 12.2 Å². The van der Waals surface area contributed by atoms with Gasteiger partial charge in [-0.15, -0.1) is 0 Å². The number of carbonyl (C=O) groups is 7. The number of esters is 2. The van der Waals surface area contributed by atoms with Crippen LogP contribution in [0.15, 0.2) is 54.6 Å². The zero-order valence-electron chi connectivity index (χ0n) is 32.2. The molecule has 2 aromatic carbocycles. The number of ether oxygens (including phenoxy) is 3. The Morgan fingerprint density at radius 2 is 1.36 bits per heavy atom. The molecule has 15 heteroatoms. The molecule has 3 atom stereocenters. The Kier molecular flexibility index (Phi) is 12.2. The number of ketones is 1. The Hall–Kier alpha value is -5.31. The van der Waals surface area contributed by atoms with Gasteiger partial charge in [0.05, 0.1) is 12.5 Å². The number of carbonyl (C=O) groups excluding carboxylic acids is 7. The molecule has 3 rings (SSSR count). The predicted molar refractivity (Wildman–Crippen MR) is 194 cm³/mol. The molecule has 0 aromatic heterocycles. The van der Waals surface area contributed by atoms with Gasteiger partial charge >= 0.3 is 24.1 Å². The number of nitrogens with zero attached hydrogens (tertiary/aromatic N) is 2. The van der Waals surface area contributed by atoms with E-state index < -0.39 is 82.1 Å². The Balaban J connectivity index is 2.19. The third-order valence-corrected chi connectivity index (χ3v) is 7.74. The monoisotopic (exact) mass is 737 g/mol. The number of nitrogens with one attached hydrogen (secondary N) is 2. The molecule has 288 valence electrons. The molecule has 0 spiro atoms. The van der Waals surface area contributed by atoms with Gasteiger partial charge in [-0.2, -0.15) is 0 Å². The van der Waals surface area contributed by atoms with Crippen molar-refractivity contribution < 1.29 is 47.8 Å². The number of benzene rings is 2. The van der Waals surface area contributed by atoms with E-state index in [1.807, 2.05) is 0 Å². The highest BCUT2D eigenvalue weighted by atomic mass is 16.6. The lowest BCUT2D eigenvalue weighted by Gasteiger charge is -2.45. The number of hydrogen-bond acceptors (Lipinski definition) is 11. The van der Waals surface area contributed by atoms with Crippen LogP contribution in [-0.2, 0) is 50.3 Å². The summed E-state index contributed by atoms with van der Waals surface area (Å²) in [4.78, 5) is 98.1. The molecule has 1 saturated heterocycles. The second-order valence-corrected chi connectivity index (χ2v) is 15.9. The van der Waals surface area contributed by atoms with Gasteiger partial charge in [-0.05, 0) is 99.4 Å². The average molecular weight is 738 g/mol. The van der Waals surface area contributed by atoms with Crippen molar-refractivity contribution in [3.05, 3.63) is 65.7 Å². The summed E-state index contributed by atoms with van der Waals surface area (Å²) in [5.74, 6) is -5.62. The average Bonchev–Trinajstić information content (AvgIpc) is 3.24. The highest BCUT2D eigenvalue weighted by molar-refractivity contribution is 6.24. The van der Waals surface area contributed by atoms with Gasteiger partial charge in [0.1, 0.15) is 22.3 Å². The van der Waals surface area contributed by atoms with Crippen LogP contribution in [-0.4, -0.2) is 75.1 Å². The van der Waals surface area contributed by atoms with Gasteiger partial charge in [-0.25, -0.2) is 19.3 Å². The van der Waals surface area contributed by atoms with E-state index in [0.717, 1.165) is 6.92 Å². The van der Waals surface area contributed by atoms with Crippen LogP contribution in [0.25, 0.3) is 0 Å². The summed E-state index contributed by atoms with van der Waals surface area (Å²) in [5.41, 5.74) is -0.788. The highest BCUT2D eigenvalue weighted by Gasteiger charge is 2.67. The van der Waals surface area contributed by atoms with Crippen molar-refractivity contribution >= 4 is 47.3 Å². The molecule has 1 unspecified atom stereocenters. The molecule has 0 radical (unpaired) electrons. The summed E-state index contributed by atoms with van der Waals surface area (Å²) in [7, 11) is 0. The van der Waals surface area contributed by atoms with E-state index in [1.54, 1.807) is 59.7 Å². The summed E-state index contributed by atoms with van der Waals surface area (Å²) in [5, 5.41) is 5.24. The highest BCUT2D eigenvalue weighted by Crippen LogP contribution is 2.39.